The van der Waals surface area contributed by atoms with Crippen molar-refractivity contribution in [3.05, 3.63) is 83.8 Å². The average molecular weight is 495 g/mol. The summed E-state index contributed by atoms with van der Waals surface area (Å²) in [5.74, 6) is 0.514. The van der Waals surface area contributed by atoms with Gasteiger partial charge in [0.2, 0.25) is 5.91 Å². The molecule has 182 valence electrons. The van der Waals surface area contributed by atoms with Gasteiger partial charge >= 0.3 is 0 Å². The predicted octanol–water partition coefficient (Wildman–Crippen LogP) is 3.45. The minimum atomic E-state index is -3.53. The fourth-order valence-electron chi connectivity index (χ4n) is 3.69. The van der Waals surface area contributed by atoms with E-state index in [1.807, 2.05) is 0 Å². The maximum atomic E-state index is 12.5. The van der Waals surface area contributed by atoms with E-state index in [4.69, 9.17) is 4.42 Å². The van der Waals surface area contributed by atoms with Crippen LogP contribution in [0.4, 0.5) is 5.69 Å². The van der Waals surface area contributed by atoms with Gasteiger partial charge < -0.3 is 15.1 Å². The molecular weight excluding hydrogens is 468 g/mol. The Bertz CT molecular complexity index is 1330. The third-order valence-electron chi connectivity index (χ3n) is 5.44. The first-order valence-corrected chi connectivity index (χ1v) is 12.8. The Morgan fingerprint density at radius 1 is 0.943 bits per heavy atom. The maximum Gasteiger partial charge on any atom is 0.263 e. The number of nitrogens with zero attached hydrogens (tertiary/aromatic N) is 1. The molecule has 0 atom stereocenters. The van der Waals surface area contributed by atoms with E-state index in [1.165, 1.54) is 6.26 Å². The molecular formula is C25H26N4O5S. The second kappa shape index (κ2) is 11.0. The number of sulfonamides is 1. The Hall–Kier alpha value is -3.92. The molecule has 3 N–H and O–H groups in total. The molecule has 35 heavy (non-hydrogen) atoms. The van der Waals surface area contributed by atoms with Gasteiger partial charge in [-0.3, -0.25) is 19.3 Å². The minimum absolute atomic E-state index is 0.180. The SMILES string of the molecule is O=C(CCCCCN=C1NS(=O)(=O)c2ccccc21)Nc1ccccc1C(=O)NCc1ccco1. The van der Waals surface area contributed by atoms with E-state index < -0.39 is 10.0 Å². The Labute approximate surface area is 203 Å². The topological polar surface area (TPSA) is 130 Å². The molecule has 2 heterocycles. The Morgan fingerprint density at radius 3 is 2.57 bits per heavy atom. The number of nitrogens with one attached hydrogen (secondary N) is 3. The van der Waals surface area contributed by atoms with Gasteiger partial charge in [0.25, 0.3) is 15.9 Å². The van der Waals surface area contributed by atoms with Gasteiger partial charge in [0, 0.05) is 18.5 Å². The van der Waals surface area contributed by atoms with Gasteiger partial charge in [-0.2, -0.15) is 0 Å². The minimum Gasteiger partial charge on any atom is -0.467 e. The fourth-order valence-corrected chi connectivity index (χ4v) is 4.95. The molecule has 0 spiro atoms. The summed E-state index contributed by atoms with van der Waals surface area (Å²) in [5, 5.41) is 5.59. The summed E-state index contributed by atoms with van der Waals surface area (Å²) in [4.78, 5) is 29.6. The maximum absolute atomic E-state index is 12.5. The molecule has 1 aliphatic rings. The largest absolute Gasteiger partial charge is 0.467 e. The lowest BCUT2D eigenvalue weighted by Gasteiger charge is -2.11. The fraction of sp³-hybridized carbons (Fsp3) is 0.240. The first kappa shape index (κ1) is 24.2. The molecule has 0 bridgehead atoms. The summed E-state index contributed by atoms with van der Waals surface area (Å²) in [6, 6.07) is 17.1. The third kappa shape index (κ3) is 6.15. The molecule has 2 amide bonds. The third-order valence-corrected chi connectivity index (χ3v) is 6.84. The molecule has 0 aliphatic carbocycles. The molecule has 0 radical (unpaired) electrons. The molecule has 0 saturated heterocycles. The van der Waals surface area contributed by atoms with Gasteiger partial charge in [-0.05, 0) is 49.2 Å². The van der Waals surface area contributed by atoms with Crippen molar-refractivity contribution in [2.45, 2.75) is 37.1 Å². The lowest BCUT2D eigenvalue weighted by molar-refractivity contribution is -0.116. The lowest BCUT2D eigenvalue weighted by atomic mass is 10.1. The lowest BCUT2D eigenvalue weighted by Crippen LogP contribution is -2.24. The highest BCUT2D eigenvalue weighted by Gasteiger charge is 2.29. The quantitative estimate of drug-likeness (QED) is 0.372. The van der Waals surface area contributed by atoms with Gasteiger partial charge in [0.05, 0.1) is 29.0 Å². The number of aliphatic imine (C=N–C) groups is 1. The highest BCUT2D eigenvalue weighted by molar-refractivity contribution is 7.90. The molecule has 0 saturated carbocycles. The molecule has 1 aliphatic heterocycles. The Kier molecular flexibility index (Phi) is 7.61. The number of carbonyl (C=O) groups excluding carboxylic acids is 2. The van der Waals surface area contributed by atoms with Gasteiger partial charge in [0.1, 0.15) is 11.6 Å². The van der Waals surface area contributed by atoms with E-state index in [-0.39, 0.29) is 23.3 Å². The zero-order valence-corrected chi connectivity index (χ0v) is 19.8. The van der Waals surface area contributed by atoms with E-state index in [0.29, 0.717) is 54.2 Å². The summed E-state index contributed by atoms with van der Waals surface area (Å²) >= 11 is 0. The van der Waals surface area contributed by atoms with Crippen LogP contribution in [0.15, 0.2) is 81.2 Å². The Balaban J connectivity index is 1.21. The van der Waals surface area contributed by atoms with Crippen molar-refractivity contribution < 1.29 is 22.4 Å². The Morgan fingerprint density at radius 2 is 1.74 bits per heavy atom. The number of fused-ring (bicyclic) bond motifs is 1. The summed E-state index contributed by atoms with van der Waals surface area (Å²) in [5.41, 5.74) is 1.41. The summed E-state index contributed by atoms with van der Waals surface area (Å²) < 4.78 is 31.9. The van der Waals surface area contributed by atoms with Crippen molar-refractivity contribution in [2.24, 2.45) is 4.99 Å². The number of amidine groups is 1. The van der Waals surface area contributed by atoms with Crippen LogP contribution in [0, 0.1) is 0 Å². The summed E-state index contributed by atoms with van der Waals surface area (Å²) in [6.45, 7) is 0.706. The number of benzene rings is 2. The highest BCUT2D eigenvalue weighted by Crippen LogP contribution is 2.22. The van der Waals surface area contributed by atoms with Crippen molar-refractivity contribution in [1.29, 1.82) is 0 Å². The van der Waals surface area contributed by atoms with Crippen LogP contribution in [0.5, 0.6) is 0 Å². The zero-order valence-electron chi connectivity index (χ0n) is 19.0. The molecule has 10 heteroatoms. The van der Waals surface area contributed by atoms with Crippen LogP contribution in [0.25, 0.3) is 0 Å². The number of hydrogen-bond donors (Lipinski definition) is 3. The molecule has 1 aromatic heterocycles. The number of hydrogen-bond acceptors (Lipinski definition) is 6. The van der Waals surface area contributed by atoms with Crippen LogP contribution in [0.2, 0.25) is 0 Å². The van der Waals surface area contributed by atoms with Crippen molar-refractivity contribution in [1.82, 2.24) is 10.0 Å². The van der Waals surface area contributed by atoms with Crippen LogP contribution in [0.1, 0.15) is 47.4 Å². The molecule has 0 fully saturated rings. The van der Waals surface area contributed by atoms with Crippen LogP contribution in [0.3, 0.4) is 0 Å². The number of para-hydroxylation sites is 1. The van der Waals surface area contributed by atoms with Gasteiger partial charge in [-0.25, -0.2) is 8.42 Å². The first-order chi connectivity index (χ1) is 16.9. The van der Waals surface area contributed by atoms with E-state index in [9.17, 15) is 18.0 Å². The van der Waals surface area contributed by atoms with Crippen LogP contribution >= 0.6 is 0 Å². The summed E-state index contributed by atoms with van der Waals surface area (Å²) in [6.07, 6.45) is 3.95. The summed E-state index contributed by atoms with van der Waals surface area (Å²) in [7, 11) is -3.53. The van der Waals surface area contributed by atoms with E-state index in [0.717, 1.165) is 6.42 Å². The van der Waals surface area contributed by atoms with Crippen LogP contribution < -0.4 is 15.4 Å². The highest BCUT2D eigenvalue weighted by atomic mass is 32.2. The monoisotopic (exact) mass is 494 g/mol. The van der Waals surface area contributed by atoms with E-state index in [1.54, 1.807) is 60.7 Å². The smallest absolute Gasteiger partial charge is 0.263 e. The molecule has 0 unspecified atom stereocenters. The second-order valence-corrected chi connectivity index (χ2v) is 9.65. The van der Waals surface area contributed by atoms with Crippen molar-refractivity contribution in [3.63, 3.8) is 0 Å². The molecule has 2 aromatic carbocycles. The predicted molar refractivity (Wildman–Crippen MR) is 132 cm³/mol. The van der Waals surface area contributed by atoms with Crippen molar-refractivity contribution >= 4 is 33.4 Å². The normalized spacial score (nSPS) is 14.8. The van der Waals surface area contributed by atoms with Crippen molar-refractivity contribution in [3.8, 4) is 0 Å². The molecule has 9 nitrogen and oxygen atoms in total. The van der Waals surface area contributed by atoms with Gasteiger partial charge in [-0.1, -0.05) is 30.7 Å². The van der Waals surface area contributed by atoms with Crippen LogP contribution in [-0.2, 0) is 21.4 Å². The number of carbonyl (C=O) groups is 2. The first-order valence-electron chi connectivity index (χ1n) is 11.3. The van der Waals surface area contributed by atoms with Gasteiger partial charge in [-0.15, -0.1) is 0 Å². The van der Waals surface area contributed by atoms with Crippen LogP contribution in [-0.4, -0.2) is 32.6 Å². The zero-order chi connectivity index (χ0) is 24.7. The van der Waals surface area contributed by atoms with E-state index in [2.05, 4.69) is 20.3 Å². The standard InChI is InChI=1S/C25H26N4O5S/c30-23(28-21-12-5-3-10-19(21)25(31)27-17-18-9-8-16-34-18)14-2-1-7-15-26-24-20-11-4-6-13-22(20)35(32,33)29-24/h3-6,8-13,16H,1-2,7,14-15,17H2,(H,26,29)(H,27,31)(H,28,30). The second-order valence-electron chi connectivity index (χ2n) is 8.00. The molecule has 3 aromatic rings. The van der Waals surface area contributed by atoms with E-state index >= 15 is 0 Å². The van der Waals surface area contributed by atoms with Gasteiger partial charge in [0.15, 0.2) is 0 Å². The van der Waals surface area contributed by atoms with Crippen molar-refractivity contribution in [2.75, 3.05) is 11.9 Å². The number of unbranched alkanes of at least 4 members (excludes halogenated alkanes) is 2. The number of furan rings is 1. The number of anilines is 1. The number of amides is 2. The number of rotatable bonds is 10. The average Bonchev–Trinajstić information content (AvgIpc) is 3.46. The molecule has 4 rings (SSSR count).